The van der Waals surface area contributed by atoms with Gasteiger partial charge in [-0.05, 0) is 30.0 Å². The van der Waals surface area contributed by atoms with Gasteiger partial charge in [0, 0.05) is 30.1 Å². The van der Waals surface area contributed by atoms with Gasteiger partial charge in [-0.1, -0.05) is 48.5 Å². The van der Waals surface area contributed by atoms with Gasteiger partial charge in [-0.15, -0.1) is 0 Å². The third-order valence-electron chi connectivity index (χ3n) is 4.60. The molecule has 6 heteroatoms. The van der Waals surface area contributed by atoms with Crippen LogP contribution in [0.25, 0.3) is 10.9 Å². The van der Waals surface area contributed by atoms with Crippen molar-refractivity contribution in [3.8, 4) is 0 Å². The number of aromatic amines is 1. The van der Waals surface area contributed by atoms with Crippen LogP contribution in [0.5, 0.6) is 0 Å². The van der Waals surface area contributed by atoms with E-state index >= 15 is 0 Å². The first-order valence-electron chi connectivity index (χ1n) is 9.41. The fourth-order valence-electron chi connectivity index (χ4n) is 3.00. The predicted octanol–water partition coefficient (Wildman–Crippen LogP) is 2.68. The van der Waals surface area contributed by atoms with E-state index in [2.05, 4.69) is 16.4 Å². The maximum atomic E-state index is 12.0. The Morgan fingerprint density at radius 2 is 1.82 bits per heavy atom. The van der Waals surface area contributed by atoms with Gasteiger partial charge in [-0.3, -0.25) is 9.59 Å². The van der Waals surface area contributed by atoms with Gasteiger partial charge in [0.25, 0.3) is 0 Å². The van der Waals surface area contributed by atoms with E-state index in [1.807, 2.05) is 54.7 Å². The molecule has 3 rings (SSSR count). The van der Waals surface area contributed by atoms with E-state index in [-0.39, 0.29) is 25.4 Å². The molecule has 1 unspecified atom stereocenters. The van der Waals surface area contributed by atoms with E-state index in [0.29, 0.717) is 6.54 Å². The summed E-state index contributed by atoms with van der Waals surface area (Å²) in [6, 6.07) is 16.7. The summed E-state index contributed by atoms with van der Waals surface area (Å²) in [5, 5.41) is 4.04. The first-order valence-corrected chi connectivity index (χ1v) is 9.41. The number of benzene rings is 2. The van der Waals surface area contributed by atoms with Crippen molar-refractivity contribution in [3.63, 3.8) is 0 Å². The van der Waals surface area contributed by atoms with Crippen molar-refractivity contribution in [1.82, 2.24) is 10.3 Å². The third kappa shape index (κ3) is 5.44. The van der Waals surface area contributed by atoms with Gasteiger partial charge >= 0.3 is 5.97 Å². The molecule has 0 spiro atoms. The van der Waals surface area contributed by atoms with E-state index in [9.17, 15) is 9.59 Å². The van der Waals surface area contributed by atoms with Crippen LogP contribution in [0.1, 0.15) is 24.0 Å². The lowest BCUT2D eigenvalue weighted by atomic mass is 10.1. The van der Waals surface area contributed by atoms with Crippen molar-refractivity contribution in [2.45, 2.75) is 31.9 Å². The van der Waals surface area contributed by atoms with E-state index < -0.39 is 12.0 Å². The highest BCUT2D eigenvalue weighted by Crippen LogP contribution is 2.17. The summed E-state index contributed by atoms with van der Waals surface area (Å²) in [4.78, 5) is 27.2. The molecule has 28 heavy (non-hydrogen) atoms. The standard InChI is InChI=1S/C22H25N3O3/c23-19(22(27)28-15-16-6-2-1-3-7-16)10-11-21(26)24-13-12-17-14-25-20-9-5-4-8-18(17)20/h1-9,14,19,25H,10-13,15,23H2,(H,24,26). The summed E-state index contributed by atoms with van der Waals surface area (Å²) >= 11 is 0. The molecule has 146 valence electrons. The van der Waals surface area contributed by atoms with Crippen LogP contribution in [0, 0.1) is 0 Å². The molecule has 1 amide bonds. The van der Waals surface area contributed by atoms with Crippen LogP contribution in [0.3, 0.4) is 0 Å². The zero-order valence-electron chi connectivity index (χ0n) is 15.7. The quantitative estimate of drug-likeness (QED) is 0.498. The van der Waals surface area contributed by atoms with E-state index in [4.69, 9.17) is 10.5 Å². The molecule has 2 aromatic carbocycles. The number of carbonyl (C=O) groups excluding carboxylic acids is 2. The average molecular weight is 379 g/mol. The molecular weight excluding hydrogens is 354 g/mol. The number of esters is 1. The molecule has 1 aromatic heterocycles. The van der Waals surface area contributed by atoms with Gasteiger partial charge in [-0.25, -0.2) is 0 Å². The molecule has 3 aromatic rings. The number of nitrogens with two attached hydrogens (primary N) is 1. The fraction of sp³-hybridized carbons (Fsp3) is 0.273. The molecule has 6 nitrogen and oxygen atoms in total. The molecule has 0 aliphatic carbocycles. The number of rotatable bonds is 9. The molecule has 0 saturated carbocycles. The highest BCUT2D eigenvalue weighted by molar-refractivity contribution is 5.83. The number of carbonyl (C=O) groups is 2. The van der Waals surface area contributed by atoms with Crippen LogP contribution >= 0.6 is 0 Å². The maximum Gasteiger partial charge on any atom is 0.323 e. The number of hydrogen-bond donors (Lipinski definition) is 3. The van der Waals surface area contributed by atoms with Crippen molar-refractivity contribution >= 4 is 22.8 Å². The van der Waals surface area contributed by atoms with Gasteiger partial charge in [-0.2, -0.15) is 0 Å². The summed E-state index contributed by atoms with van der Waals surface area (Å²) in [6.45, 7) is 0.721. The summed E-state index contributed by atoms with van der Waals surface area (Å²) in [7, 11) is 0. The summed E-state index contributed by atoms with van der Waals surface area (Å²) in [5.41, 5.74) is 8.99. The third-order valence-corrected chi connectivity index (χ3v) is 4.60. The lowest BCUT2D eigenvalue weighted by molar-refractivity contribution is -0.146. The maximum absolute atomic E-state index is 12.0. The zero-order valence-corrected chi connectivity index (χ0v) is 15.7. The Morgan fingerprint density at radius 3 is 2.64 bits per heavy atom. The highest BCUT2D eigenvalue weighted by Gasteiger charge is 2.16. The first-order chi connectivity index (χ1) is 13.6. The average Bonchev–Trinajstić information content (AvgIpc) is 3.14. The normalized spacial score (nSPS) is 11.9. The molecule has 1 atom stereocenters. The van der Waals surface area contributed by atoms with Gasteiger partial charge in [0.05, 0.1) is 0 Å². The minimum absolute atomic E-state index is 0.119. The van der Waals surface area contributed by atoms with Crippen molar-refractivity contribution in [2.75, 3.05) is 6.54 Å². The van der Waals surface area contributed by atoms with Crippen LogP contribution in [-0.2, 0) is 27.4 Å². The number of fused-ring (bicyclic) bond motifs is 1. The molecular formula is C22H25N3O3. The second-order valence-corrected chi connectivity index (χ2v) is 6.70. The second kappa shape index (κ2) is 9.71. The van der Waals surface area contributed by atoms with Crippen LogP contribution in [0.4, 0.5) is 0 Å². The van der Waals surface area contributed by atoms with Crippen molar-refractivity contribution in [2.24, 2.45) is 5.73 Å². The number of para-hydroxylation sites is 1. The molecule has 1 heterocycles. The number of amides is 1. The Morgan fingerprint density at radius 1 is 1.07 bits per heavy atom. The van der Waals surface area contributed by atoms with Crippen LogP contribution in [0.15, 0.2) is 60.8 Å². The van der Waals surface area contributed by atoms with E-state index in [1.165, 1.54) is 5.39 Å². The Labute approximate surface area is 164 Å². The number of H-pyrrole nitrogens is 1. The van der Waals surface area contributed by atoms with Crippen LogP contribution < -0.4 is 11.1 Å². The molecule has 4 N–H and O–H groups in total. The molecule has 0 radical (unpaired) electrons. The summed E-state index contributed by atoms with van der Waals surface area (Å²) in [6.07, 6.45) is 3.15. The summed E-state index contributed by atoms with van der Waals surface area (Å²) in [5.74, 6) is -0.610. The monoisotopic (exact) mass is 379 g/mol. The van der Waals surface area contributed by atoms with Gasteiger partial charge in [0.15, 0.2) is 0 Å². The largest absolute Gasteiger partial charge is 0.460 e. The Balaban J connectivity index is 1.35. The lowest BCUT2D eigenvalue weighted by Gasteiger charge is -2.11. The Kier molecular flexibility index (Phi) is 6.81. The second-order valence-electron chi connectivity index (χ2n) is 6.70. The Bertz CT molecular complexity index is 921. The summed E-state index contributed by atoms with van der Waals surface area (Å²) < 4.78 is 5.19. The van der Waals surface area contributed by atoms with Gasteiger partial charge < -0.3 is 20.8 Å². The number of aromatic nitrogens is 1. The van der Waals surface area contributed by atoms with E-state index in [1.54, 1.807) is 0 Å². The SMILES string of the molecule is NC(CCC(=O)NCCc1c[nH]c2ccccc12)C(=O)OCc1ccccc1. The van der Waals surface area contributed by atoms with Gasteiger partial charge in [0.2, 0.25) is 5.91 Å². The van der Waals surface area contributed by atoms with Crippen LogP contribution in [-0.4, -0.2) is 29.4 Å². The number of hydrogen-bond acceptors (Lipinski definition) is 4. The molecule has 0 saturated heterocycles. The zero-order chi connectivity index (χ0) is 19.8. The predicted molar refractivity (Wildman–Crippen MR) is 108 cm³/mol. The van der Waals surface area contributed by atoms with Crippen LogP contribution in [0.2, 0.25) is 0 Å². The van der Waals surface area contributed by atoms with Gasteiger partial charge in [0.1, 0.15) is 12.6 Å². The van der Waals surface area contributed by atoms with Crippen molar-refractivity contribution < 1.29 is 14.3 Å². The first kappa shape index (κ1) is 19.6. The Hall–Kier alpha value is -3.12. The molecule has 0 fully saturated rings. The van der Waals surface area contributed by atoms with Crippen molar-refractivity contribution in [1.29, 1.82) is 0 Å². The minimum atomic E-state index is -0.803. The smallest absolute Gasteiger partial charge is 0.323 e. The minimum Gasteiger partial charge on any atom is -0.460 e. The van der Waals surface area contributed by atoms with Crippen molar-refractivity contribution in [3.05, 3.63) is 71.9 Å². The molecule has 0 aliphatic heterocycles. The number of ether oxygens (including phenoxy) is 1. The molecule has 0 bridgehead atoms. The molecule has 0 aliphatic rings. The number of nitrogens with one attached hydrogen (secondary N) is 2. The fourth-order valence-corrected chi connectivity index (χ4v) is 3.00. The topological polar surface area (TPSA) is 97.2 Å². The highest BCUT2D eigenvalue weighted by atomic mass is 16.5. The van der Waals surface area contributed by atoms with E-state index in [0.717, 1.165) is 23.1 Å². The lowest BCUT2D eigenvalue weighted by Crippen LogP contribution is -2.34.